The molecule has 0 aliphatic heterocycles. The number of nitrogens with zero attached hydrogens (tertiary/aromatic N) is 2. The topological polar surface area (TPSA) is 105 Å². The van der Waals surface area contributed by atoms with E-state index in [0.29, 0.717) is 24.7 Å². The van der Waals surface area contributed by atoms with Gasteiger partial charge in [-0.25, -0.2) is 23.5 Å². The average Bonchev–Trinajstić information content (AvgIpc) is 3.61. The van der Waals surface area contributed by atoms with Gasteiger partial charge in [-0.3, -0.25) is 4.79 Å². The second-order valence-corrected chi connectivity index (χ2v) is 8.36. The second kappa shape index (κ2) is 9.99. The number of carbonyl (C=O) groups is 2. The lowest BCUT2D eigenvalue weighted by atomic mass is 10.1. The number of anilines is 2. The Morgan fingerprint density at radius 3 is 2.38 bits per heavy atom. The fraction of sp³-hybridized carbons (Fsp3) is 0.250. The molecule has 0 saturated heterocycles. The van der Waals surface area contributed by atoms with Crippen molar-refractivity contribution in [2.24, 2.45) is 0 Å². The molecule has 2 aromatic carbocycles. The molecule has 13 heteroatoms. The number of alkyl halides is 3. The largest absolute Gasteiger partial charge is 0.418 e. The van der Waals surface area contributed by atoms with Crippen LogP contribution in [0.3, 0.4) is 0 Å². The molecule has 37 heavy (non-hydrogen) atoms. The number of amides is 2. The number of aromatic nitrogens is 2. The Bertz CT molecular complexity index is 1330. The molecule has 1 fully saturated rings. The van der Waals surface area contributed by atoms with Gasteiger partial charge < -0.3 is 20.7 Å². The lowest BCUT2D eigenvalue weighted by molar-refractivity contribution is -0.137. The molecule has 1 heterocycles. The van der Waals surface area contributed by atoms with Crippen LogP contribution in [0.1, 0.15) is 29.8 Å². The summed E-state index contributed by atoms with van der Waals surface area (Å²) in [6.45, 7) is 1.43. The van der Waals surface area contributed by atoms with Crippen LogP contribution in [-0.2, 0) is 17.5 Å². The Balaban J connectivity index is 1.35. The van der Waals surface area contributed by atoms with Crippen molar-refractivity contribution in [1.29, 1.82) is 0 Å². The van der Waals surface area contributed by atoms with Gasteiger partial charge in [-0.1, -0.05) is 6.07 Å². The van der Waals surface area contributed by atoms with Crippen LogP contribution in [-0.4, -0.2) is 27.5 Å². The molecule has 3 aromatic rings. The maximum atomic E-state index is 14.6. The summed E-state index contributed by atoms with van der Waals surface area (Å²) in [6.07, 6.45) is -2.38. The molecule has 1 aromatic heterocycles. The normalized spacial score (nSPS) is 14.0. The molecule has 1 saturated carbocycles. The third kappa shape index (κ3) is 6.29. The van der Waals surface area contributed by atoms with E-state index in [1.54, 1.807) is 6.92 Å². The van der Waals surface area contributed by atoms with Crippen LogP contribution in [0.5, 0.6) is 5.75 Å². The van der Waals surface area contributed by atoms with Gasteiger partial charge in [0.25, 0.3) is 0 Å². The summed E-state index contributed by atoms with van der Waals surface area (Å²) >= 11 is 0. The zero-order valence-corrected chi connectivity index (χ0v) is 19.2. The first-order valence-electron chi connectivity index (χ1n) is 10.9. The summed E-state index contributed by atoms with van der Waals surface area (Å²) in [7, 11) is 0. The lowest BCUT2D eigenvalue weighted by Crippen LogP contribution is -2.49. The lowest BCUT2D eigenvalue weighted by Gasteiger charge is -2.17. The van der Waals surface area contributed by atoms with E-state index < -0.39 is 46.6 Å². The molecule has 0 atom stereocenters. The highest BCUT2D eigenvalue weighted by Crippen LogP contribution is 2.37. The van der Waals surface area contributed by atoms with E-state index in [-0.39, 0.29) is 23.5 Å². The zero-order chi connectivity index (χ0) is 26.8. The molecule has 0 spiro atoms. The van der Waals surface area contributed by atoms with Crippen molar-refractivity contribution in [1.82, 2.24) is 20.6 Å². The van der Waals surface area contributed by atoms with Crippen LogP contribution in [0.4, 0.5) is 38.1 Å². The number of rotatable bonds is 7. The molecule has 0 unspecified atom stereocenters. The monoisotopic (exact) mass is 521 g/mol. The minimum absolute atomic E-state index is 0.00662. The van der Waals surface area contributed by atoms with Crippen molar-refractivity contribution in [2.45, 2.75) is 38.0 Å². The number of nitrogens with one attached hydrogen (secondary N) is 3. The fourth-order valence-electron chi connectivity index (χ4n) is 3.42. The van der Waals surface area contributed by atoms with Gasteiger partial charge in [-0.15, -0.1) is 0 Å². The van der Waals surface area contributed by atoms with E-state index in [9.17, 15) is 31.5 Å². The van der Waals surface area contributed by atoms with Gasteiger partial charge in [0.05, 0.1) is 23.6 Å². The Kier molecular flexibility index (Phi) is 6.96. The van der Waals surface area contributed by atoms with E-state index in [0.717, 1.165) is 18.2 Å². The molecule has 3 N–H and O–H groups in total. The maximum Gasteiger partial charge on any atom is 0.418 e. The number of benzene rings is 2. The van der Waals surface area contributed by atoms with Crippen molar-refractivity contribution >= 4 is 23.4 Å². The summed E-state index contributed by atoms with van der Waals surface area (Å²) in [5, 5.41) is 7.46. The first-order chi connectivity index (χ1) is 17.4. The van der Waals surface area contributed by atoms with Crippen LogP contribution < -0.4 is 20.7 Å². The van der Waals surface area contributed by atoms with Crippen molar-refractivity contribution in [3.63, 3.8) is 0 Å². The first-order valence-corrected chi connectivity index (χ1v) is 10.9. The van der Waals surface area contributed by atoms with Gasteiger partial charge in [0.1, 0.15) is 23.0 Å². The summed E-state index contributed by atoms with van der Waals surface area (Å²) in [5.41, 5.74) is -2.82. The summed E-state index contributed by atoms with van der Waals surface area (Å²) in [4.78, 5) is 32.6. The molecule has 0 radical (unpaired) electrons. The van der Waals surface area contributed by atoms with E-state index in [2.05, 4.69) is 25.9 Å². The van der Waals surface area contributed by atoms with Crippen molar-refractivity contribution in [2.75, 3.05) is 5.32 Å². The standard InChI is InChI=1S/C24H20F5N5O3/c1-13-30-11-17(12-31-13)37-22(36)34-23(6-7-23)21(35)32-10-14-2-4-16(9-19(14)26)33-20-5-3-15(25)8-18(20)24(27,28)29/h2-5,8-9,11-12,33H,6-7,10H2,1H3,(H,32,35)(H,34,36). The van der Waals surface area contributed by atoms with E-state index >= 15 is 0 Å². The predicted molar refractivity (Wildman–Crippen MR) is 121 cm³/mol. The van der Waals surface area contributed by atoms with Crippen molar-refractivity contribution in [3.8, 4) is 5.75 Å². The number of halogens is 5. The Hall–Kier alpha value is -4.29. The number of hydrogen-bond donors (Lipinski definition) is 3. The SMILES string of the molecule is Cc1ncc(OC(=O)NC2(C(=O)NCc3ccc(Nc4ccc(F)cc4C(F)(F)F)cc3F)CC2)cn1. The smallest absolute Gasteiger partial charge is 0.407 e. The predicted octanol–water partition coefficient (Wildman–Crippen LogP) is 4.76. The number of carbonyl (C=O) groups excluding carboxylic acids is 2. The minimum Gasteiger partial charge on any atom is -0.407 e. The molecule has 4 rings (SSSR count). The fourth-order valence-corrected chi connectivity index (χ4v) is 3.42. The van der Waals surface area contributed by atoms with Crippen molar-refractivity contribution < 1.29 is 36.3 Å². The highest BCUT2D eigenvalue weighted by atomic mass is 19.4. The summed E-state index contributed by atoms with van der Waals surface area (Å²) in [5.74, 6) is -1.82. The molecule has 1 aliphatic carbocycles. The van der Waals surface area contributed by atoms with Gasteiger partial charge in [0.15, 0.2) is 5.75 Å². The molecular weight excluding hydrogens is 501 g/mol. The minimum atomic E-state index is -4.82. The highest BCUT2D eigenvalue weighted by molar-refractivity contribution is 5.93. The molecule has 8 nitrogen and oxygen atoms in total. The van der Waals surface area contributed by atoms with Gasteiger partial charge in [-0.05, 0) is 50.1 Å². The molecule has 194 valence electrons. The first kappa shape index (κ1) is 25.8. The van der Waals surface area contributed by atoms with Gasteiger partial charge in [0.2, 0.25) is 5.91 Å². The van der Waals surface area contributed by atoms with Gasteiger partial charge in [-0.2, -0.15) is 13.2 Å². The number of aryl methyl sites for hydroxylation is 1. The number of hydrogen-bond acceptors (Lipinski definition) is 6. The van der Waals surface area contributed by atoms with Crippen LogP contribution in [0.2, 0.25) is 0 Å². The third-order valence-electron chi connectivity index (χ3n) is 5.55. The maximum absolute atomic E-state index is 14.6. The van der Waals surface area contributed by atoms with E-state index in [4.69, 9.17) is 4.74 Å². The quantitative estimate of drug-likeness (QED) is 0.387. The van der Waals surface area contributed by atoms with Crippen molar-refractivity contribution in [3.05, 3.63) is 77.4 Å². The molecule has 2 amide bonds. The zero-order valence-electron chi connectivity index (χ0n) is 19.2. The van der Waals surface area contributed by atoms with Gasteiger partial charge >= 0.3 is 12.3 Å². The molecule has 0 bridgehead atoms. The van der Waals surface area contributed by atoms with Gasteiger partial charge in [0, 0.05) is 17.8 Å². The van der Waals surface area contributed by atoms with E-state index in [1.807, 2.05) is 0 Å². The molecular formula is C24H20F5N5O3. The Morgan fingerprint density at radius 2 is 1.76 bits per heavy atom. The summed E-state index contributed by atoms with van der Waals surface area (Å²) in [6, 6.07) is 5.66. The molecule has 1 aliphatic rings. The average molecular weight is 521 g/mol. The highest BCUT2D eigenvalue weighted by Gasteiger charge is 2.51. The van der Waals surface area contributed by atoms with Crippen LogP contribution >= 0.6 is 0 Å². The number of ether oxygens (including phenoxy) is 1. The van der Waals surface area contributed by atoms with Crippen LogP contribution in [0.25, 0.3) is 0 Å². The third-order valence-corrected chi connectivity index (χ3v) is 5.55. The Labute approximate surface area is 207 Å². The summed E-state index contributed by atoms with van der Waals surface area (Å²) < 4.78 is 72.6. The Morgan fingerprint density at radius 1 is 1.05 bits per heavy atom. The van der Waals surface area contributed by atoms with E-state index in [1.165, 1.54) is 24.5 Å². The second-order valence-electron chi connectivity index (χ2n) is 8.36. The van der Waals surface area contributed by atoms with Crippen LogP contribution in [0, 0.1) is 18.6 Å². The van der Waals surface area contributed by atoms with Crippen LogP contribution in [0.15, 0.2) is 48.8 Å².